The van der Waals surface area contributed by atoms with Crippen molar-refractivity contribution >= 4 is 28.5 Å². The van der Waals surface area contributed by atoms with Crippen LogP contribution in [0.15, 0.2) is 47.4 Å². The number of fused-ring (bicyclic) bond motifs is 1. The number of carbonyl (C=O) groups excluding carboxylic acids is 1. The maximum Gasteiger partial charge on any atom is 0.327 e. The van der Waals surface area contributed by atoms with Crippen LogP contribution in [-0.4, -0.2) is 11.7 Å². The molecule has 0 saturated carbocycles. The summed E-state index contributed by atoms with van der Waals surface area (Å²) in [5.41, 5.74) is 1.88. The molecular weight excluding hydrogens is 248 g/mol. The number of hydrazine groups is 1. The minimum absolute atomic E-state index is 0.321. The Labute approximate surface area is 109 Å². The van der Waals surface area contributed by atoms with Gasteiger partial charge in [0.05, 0.1) is 6.42 Å². The molecule has 0 spiro atoms. The van der Waals surface area contributed by atoms with Crippen molar-refractivity contribution in [2.75, 3.05) is 5.75 Å². The fraction of sp³-hybridized carbons (Fsp3) is 0.154. The van der Waals surface area contributed by atoms with Crippen LogP contribution >= 0.6 is 11.8 Å². The predicted octanol–water partition coefficient (Wildman–Crippen LogP) is 2.24. The van der Waals surface area contributed by atoms with Crippen molar-refractivity contribution in [2.24, 2.45) is 5.84 Å². The van der Waals surface area contributed by atoms with E-state index in [9.17, 15) is 4.79 Å². The van der Waals surface area contributed by atoms with Gasteiger partial charge in [-0.25, -0.2) is 5.84 Å². The first-order valence-electron chi connectivity index (χ1n) is 5.56. The molecule has 0 heterocycles. The maximum atomic E-state index is 11.1. The van der Waals surface area contributed by atoms with Crippen molar-refractivity contribution in [1.29, 1.82) is 0 Å². The fourth-order valence-corrected chi connectivity index (χ4v) is 2.51. The van der Waals surface area contributed by atoms with Crippen molar-refractivity contribution < 1.29 is 9.63 Å². The summed E-state index contributed by atoms with van der Waals surface area (Å²) in [5.74, 6) is 5.18. The van der Waals surface area contributed by atoms with E-state index in [-0.39, 0.29) is 5.97 Å². The average molecular weight is 262 g/mol. The zero-order chi connectivity index (χ0) is 12.8. The lowest BCUT2D eigenvalue weighted by atomic mass is 10.1. The number of hydrogen-bond acceptors (Lipinski definition) is 5. The van der Waals surface area contributed by atoms with Crippen LogP contribution in [0, 0.1) is 0 Å². The van der Waals surface area contributed by atoms with E-state index in [0.29, 0.717) is 12.2 Å². The molecule has 0 amide bonds. The number of carbonyl (C=O) groups is 1. The SMILES string of the molecule is NNOC(=O)CCSc1ccc2ccccc2c1. The van der Waals surface area contributed by atoms with Crippen LogP contribution in [0.3, 0.4) is 0 Å². The van der Waals surface area contributed by atoms with Gasteiger partial charge >= 0.3 is 5.97 Å². The molecule has 94 valence electrons. The molecule has 2 rings (SSSR count). The number of thioether (sulfide) groups is 1. The van der Waals surface area contributed by atoms with Gasteiger partial charge in [0.15, 0.2) is 0 Å². The van der Waals surface area contributed by atoms with Gasteiger partial charge in [0.2, 0.25) is 0 Å². The molecule has 2 aromatic carbocycles. The van der Waals surface area contributed by atoms with E-state index in [1.54, 1.807) is 11.8 Å². The van der Waals surface area contributed by atoms with E-state index in [2.05, 4.69) is 35.2 Å². The molecule has 0 saturated heterocycles. The highest BCUT2D eigenvalue weighted by Crippen LogP contribution is 2.24. The van der Waals surface area contributed by atoms with Crippen LogP contribution in [-0.2, 0) is 9.63 Å². The third kappa shape index (κ3) is 3.46. The van der Waals surface area contributed by atoms with E-state index in [1.807, 2.05) is 17.7 Å². The van der Waals surface area contributed by atoms with Gasteiger partial charge in [0.25, 0.3) is 0 Å². The minimum Gasteiger partial charge on any atom is -0.356 e. The van der Waals surface area contributed by atoms with Gasteiger partial charge in [-0.15, -0.1) is 11.8 Å². The summed E-state index contributed by atoms with van der Waals surface area (Å²) >= 11 is 1.62. The molecule has 5 heteroatoms. The first kappa shape index (κ1) is 12.9. The highest BCUT2D eigenvalue weighted by Gasteiger charge is 2.03. The lowest BCUT2D eigenvalue weighted by Gasteiger charge is -2.03. The Bertz CT molecular complexity index is 545. The van der Waals surface area contributed by atoms with E-state index in [0.717, 1.165) is 4.90 Å². The van der Waals surface area contributed by atoms with Crippen molar-refractivity contribution in [3.63, 3.8) is 0 Å². The zero-order valence-corrected chi connectivity index (χ0v) is 10.6. The summed E-state index contributed by atoms with van der Waals surface area (Å²) in [6.07, 6.45) is 0.321. The lowest BCUT2D eigenvalue weighted by molar-refractivity contribution is -0.150. The average Bonchev–Trinajstić information content (AvgIpc) is 2.39. The van der Waals surface area contributed by atoms with E-state index < -0.39 is 0 Å². The quantitative estimate of drug-likeness (QED) is 0.491. The second kappa shape index (κ2) is 6.39. The molecule has 0 radical (unpaired) electrons. The Morgan fingerprint density at radius 2 is 2.00 bits per heavy atom. The third-order valence-electron chi connectivity index (χ3n) is 2.47. The highest BCUT2D eigenvalue weighted by molar-refractivity contribution is 7.99. The molecule has 18 heavy (non-hydrogen) atoms. The fourth-order valence-electron chi connectivity index (χ4n) is 1.63. The van der Waals surface area contributed by atoms with Crippen LogP contribution in [0.4, 0.5) is 0 Å². The van der Waals surface area contributed by atoms with Crippen molar-refractivity contribution in [3.8, 4) is 0 Å². The standard InChI is InChI=1S/C13H14N2O2S/c14-15-17-13(16)7-8-18-12-6-5-10-3-1-2-4-11(10)9-12/h1-6,9,15H,7-8,14H2. The van der Waals surface area contributed by atoms with Crippen LogP contribution in [0.25, 0.3) is 10.8 Å². The predicted molar refractivity (Wildman–Crippen MR) is 72.7 cm³/mol. The Morgan fingerprint density at radius 3 is 2.78 bits per heavy atom. The number of nitrogens with one attached hydrogen (secondary N) is 1. The Balaban J connectivity index is 1.93. The molecule has 0 aliphatic carbocycles. The third-order valence-corrected chi connectivity index (χ3v) is 3.46. The summed E-state index contributed by atoms with van der Waals surface area (Å²) in [6, 6.07) is 14.4. The minimum atomic E-state index is -0.356. The number of hydrogen-bond donors (Lipinski definition) is 2. The Morgan fingerprint density at radius 1 is 1.22 bits per heavy atom. The first-order chi connectivity index (χ1) is 8.79. The molecule has 3 N–H and O–H groups in total. The largest absolute Gasteiger partial charge is 0.356 e. The lowest BCUT2D eigenvalue weighted by Crippen LogP contribution is -2.26. The van der Waals surface area contributed by atoms with Crippen LogP contribution in [0.1, 0.15) is 6.42 Å². The van der Waals surface area contributed by atoms with Gasteiger partial charge in [-0.1, -0.05) is 35.9 Å². The molecule has 0 aliphatic rings. The van der Waals surface area contributed by atoms with E-state index in [4.69, 9.17) is 5.84 Å². The van der Waals surface area contributed by atoms with Gasteiger partial charge in [-0.2, -0.15) is 0 Å². The Hall–Kier alpha value is -1.56. The van der Waals surface area contributed by atoms with Crippen molar-refractivity contribution in [2.45, 2.75) is 11.3 Å². The van der Waals surface area contributed by atoms with Crippen LogP contribution in [0.5, 0.6) is 0 Å². The van der Waals surface area contributed by atoms with Gasteiger partial charge in [-0.3, -0.25) is 4.79 Å². The summed E-state index contributed by atoms with van der Waals surface area (Å²) in [5, 5.41) is 2.42. The number of rotatable bonds is 5. The first-order valence-corrected chi connectivity index (χ1v) is 6.55. The molecule has 4 nitrogen and oxygen atoms in total. The molecule has 0 fully saturated rings. The second-order valence-electron chi connectivity index (χ2n) is 3.70. The molecule has 0 unspecified atom stereocenters. The highest BCUT2D eigenvalue weighted by atomic mass is 32.2. The topological polar surface area (TPSA) is 64.3 Å². The van der Waals surface area contributed by atoms with E-state index >= 15 is 0 Å². The van der Waals surface area contributed by atoms with E-state index in [1.165, 1.54) is 10.8 Å². The van der Waals surface area contributed by atoms with Gasteiger partial charge in [-0.05, 0) is 22.9 Å². The molecule has 0 atom stereocenters. The summed E-state index contributed by atoms with van der Waals surface area (Å²) in [6.45, 7) is 0. The monoisotopic (exact) mass is 262 g/mol. The number of nitrogens with two attached hydrogens (primary N) is 1. The second-order valence-corrected chi connectivity index (χ2v) is 4.87. The number of benzene rings is 2. The van der Waals surface area contributed by atoms with Crippen LogP contribution in [0.2, 0.25) is 0 Å². The zero-order valence-electron chi connectivity index (χ0n) is 9.76. The maximum absolute atomic E-state index is 11.1. The molecular formula is C13H14N2O2S. The van der Waals surface area contributed by atoms with Crippen LogP contribution < -0.4 is 11.4 Å². The summed E-state index contributed by atoms with van der Waals surface area (Å²) < 4.78 is 0. The van der Waals surface area contributed by atoms with Gasteiger partial charge in [0.1, 0.15) is 0 Å². The smallest absolute Gasteiger partial charge is 0.327 e. The van der Waals surface area contributed by atoms with Gasteiger partial charge in [0, 0.05) is 10.6 Å². The summed E-state index contributed by atoms with van der Waals surface area (Å²) in [4.78, 5) is 16.6. The van der Waals surface area contributed by atoms with Crippen molar-refractivity contribution in [3.05, 3.63) is 42.5 Å². The molecule has 0 aromatic heterocycles. The Kier molecular flexibility index (Phi) is 4.58. The van der Waals surface area contributed by atoms with Gasteiger partial charge < -0.3 is 4.84 Å². The summed E-state index contributed by atoms with van der Waals surface area (Å²) in [7, 11) is 0. The molecule has 0 bridgehead atoms. The molecule has 0 aliphatic heterocycles. The molecule has 2 aromatic rings. The van der Waals surface area contributed by atoms with Crippen molar-refractivity contribution in [1.82, 2.24) is 5.59 Å². The normalized spacial score (nSPS) is 10.5.